The number of unbranched alkanes of at least 4 members (excludes halogenated alkanes) is 15. The summed E-state index contributed by atoms with van der Waals surface area (Å²) in [5, 5.41) is 3.00. The molecule has 0 heterocycles. The van der Waals surface area contributed by atoms with Crippen LogP contribution in [0.5, 0.6) is 0 Å². The molecule has 0 rings (SSSR count). The first-order valence-electron chi connectivity index (χ1n) is 11.5. The summed E-state index contributed by atoms with van der Waals surface area (Å²) < 4.78 is 0. The Hall–Kier alpha value is 0.210. The molecular formula is C24H47NNaO. The monoisotopic (exact) mass is 388 g/mol. The van der Waals surface area contributed by atoms with Crippen molar-refractivity contribution in [1.82, 2.24) is 5.32 Å². The van der Waals surface area contributed by atoms with Crippen LogP contribution in [0.15, 0.2) is 12.7 Å². The Kier molecular flexibility index (Phi) is 22.8. The summed E-state index contributed by atoms with van der Waals surface area (Å²) in [6.07, 6.45) is 24.7. The van der Waals surface area contributed by atoms with Crippen LogP contribution in [-0.4, -0.2) is 41.0 Å². The number of nitrogens with one attached hydrogen (secondary N) is 1. The van der Waals surface area contributed by atoms with Gasteiger partial charge < -0.3 is 5.32 Å². The molecule has 0 aliphatic heterocycles. The van der Waals surface area contributed by atoms with E-state index in [4.69, 9.17) is 0 Å². The average molecular weight is 389 g/mol. The third kappa shape index (κ3) is 22.4. The van der Waals surface area contributed by atoms with E-state index in [0.717, 1.165) is 6.42 Å². The van der Waals surface area contributed by atoms with Crippen molar-refractivity contribution in [2.45, 2.75) is 135 Å². The predicted molar refractivity (Wildman–Crippen MR) is 122 cm³/mol. The molecule has 0 unspecified atom stereocenters. The maximum Gasteiger partial charge on any atom is 0.243 e. The van der Waals surface area contributed by atoms with Crippen molar-refractivity contribution >= 4 is 35.5 Å². The van der Waals surface area contributed by atoms with Crippen LogP contribution in [0, 0.1) is 0 Å². The van der Waals surface area contributed by atoms with Crippen LogP contribution in [0.4, 0.5) is 0 Å². The molecule has 0 spiro atoms. The van der Waals surface area contributed by atoms with Gasteiger partial charge in [-0.3, -0.25) is 4.79 Å². The zero-order valence-electron chi connectivity index (χ0n) is 19.2. The molecule has 0 atom stereocenters. The topological polar surface area (TPSA) is 29.1 Å². The van der Waals surface area contributed by atoms with E-state index < -0.39 is 0 Å². The molecule has 0 saturated carbocycles. The number of carbonyl (C=O) groups is 1. The minimum atomic E-state index is -0.110. The molecule has 0 aromatic rings. The van der Waals surface area contributed by atoms with Crippen LogP contribution in [-0.2, 0) is 4.79 Å². The van der Waals surface area contributed by atoms with Crippen LogP contribution in [0.2, 0.25) is 0 Å². The van der Waals surface area contributed by atoms with Gasteiger partial charge in [0.15, 0.2) is 0 Å². The smallest absolute Gasteiger partial charge is 0.243 e. The molecule has 0 aromatic carbocycles. The van der Waals surface area contributed by atoms with Gasteiger partial charge in [0.1, 0.15) is 0 Å². The average Bonchev–Trinajstić information content (AvgIpc) is 2.60. The third-order valence-electron chi connectivity index (χ3n) is 5.30. The molecule has 0 saturated heterocycles. The third-order valence-corrected chi connectivity index (χ3v) is 5.30. The minimum absolute atomic E-state index is 0. The van der Waals surface area contributed by atoms with Crippen molar-refractivity contribution in [3.05, 3.63) is 12.7 Å². The van der Waals surface area contributed by atoms with Gasteiger partial charge in [0.2, 0.25) is 5.91 Å². The van der Waals surface area contributed by atoms with Crippen LogP contribution in [0.3, 0.4) is 0 Å². The Labute approximate surface area is 193 Å². The van der Waals surface area contributed by atoms with Gasteiger partial charge in [0, 0.05) is 35.1 Å². The molecule has 0 bridgehead atoms. The van der Waals surface area contributed by atoms with E-state index in [1.54, 1.807) is 0 Å². The minimum Gasteiger partial charge on any atom is -0.348 e. The first-order valence-corrected chi connectivity index (χ1v) is 11.5. The van der Waals surface area contributed by atoms with Gasteiger partial charge in [0.25, 0.3) is 0 Å². The summed E-state index contributed by atoms with van der Waals surface area (Å²) in [4.78, 5) is 11.4. The number of hydrogen-bond donors (Lipinski definition) is 1. The van der Waals surface area contributed by atoms with E-state index in [-0.39, 0.29) is 41.0 Å². The summed E-state index contributed by atoms with van der Waals surface area (Å²) in [5.41, 5.74) is -0.110. The van der Waals surface area contributed by atoms with Crippen molar-refractivity contribution in [3.8, 4) is 0 Å². The molecule has 1 N–H and O–H groups in total. The molecule has 0 aliphatic carbocycles. The van der Waals surface area contributed by atoms with Crippen LogP contribution >= 0.6 is 0 Å². The van der Waals surface area contributed by atoms with E-state index in [0.29, 0.717) is 0 Å². The van der Waals surface area contributed by atoms with Crippen LogP contribution in [0.1, 0.15) is 130 Å². The van der Waals surface area contributed by atoms with Gasteiger partial charge in [-0.2, -0.15) is 0 Å². The van der Waals surface area contributed by atoms with Crippen molar-refractivity contribution in [3.63, 3.8) is 0 Å². The molecule has 0 fully saturated rings. The first-order chi connectivity index (χ1) is 12.5. The van der Waals surface area contributed by atoms with Crippen LogP contribution in [0.25, 0.3) is 0 Å². The van der Waals surface area contributed by atoms with Gasteiger partial charge in [-0.1, -0.05) is 116 Å². The van der Waals surface area contributed by atoms with Gasteiger partial charge in [-0.15, -0.1) is 0 Å². The molecule has 0 aromatic heterocycles. The molecule has 3 heteroatoms. The van der Waals surface area contributed by atoms with Gasteiger partial charge in [-0.05, 0) is 26.3 Å². The summed E-state index contributed by atoms with van der Waals surface area (Å²) >= 11 is 0. The van der Waals surface area contributed by atoms with Crippen molar-refractivity contribution < 1.29 is 4.79 Å². The SMILES string of the molecule is C=CC(=O)NC(C)(C)CCCCCCCCCCCCCCCCCC.[Na]. The predicted octanol–water partition coefficient (Wildman–Crippen LogP) is 7.34. The second-order valence-corrected chi connectivity index (χ2v) is 8.63. The zero-order valence-corrected chi connectivity index (χ0v) is 21.2. The molecule has 2 nitrogen and oxygen atoms in total. The Morgan fingerprint density at radius 3 is 1.41 bits per heavy atom. The van der Waals surface area contributed by atoms with E-state index in [9.17, 15) is 4.79 Å². The van der Waals surface area contributed by atoms with Gasteiger partial charge >= 0.3 is 0 Å². The molecule has 155 valence electrons. The summed E-state index contributed by atoms with van der Waals surface area (Å²) in [6, 6.07) is 0. The number of amides is 1. The fourth-order valence-electron chi connectivity index (χ4n) is 3.56. The summed E-state index contributed by atoms with van der Waals surface area (Å²) in [6.45, 7) is 9.99. The van der Waals surface area contributed by atoms with Gasteiger partial charge in [-0.25, -0.2) is 0 Å². The van der Waals surface area contributed by atoms with Gasteiger partial charge in [0.05, 0.1) is 0 Å². The fraction of sp³-hybridized carbons (Fsp3) is 0.875. The number of carbonyl (C=O) groups excluding carboxylic acids is 1. The largest absolute Gasteiger partial charge is 0.348 e. The second-order valence-electron chi connectivity index (χ2n) is 8.63. The molecule has 1 radical (unpaired) electrons. The standard InChI is InChI=1S/C24H47NO.Na/c1-5-7-8-9-10-11-12-13-14-15-16-17-18-19-20-21-22-24(3,4)25-23(26)6-2;/h6H,2,5,7-22H2,1,3-4H3,(H,25,26);. The summed E-state index contributed by atoms with van der Waals surface area (Å²) in [7, 11) is 0. The number of hydrogen-bond acceptors (Lipinski definition) is 1. The van der Waals surface area contributed by atoms with Crippen LogP contribution < -0.4 is 5.32 Å². The normalized spacial score (nSPS) is 11.1. The molecule has 1 amide bonds. The maximum atomic E-state index is 11.4. The Balaban J connectivity index is 0. The van der Waals surface area contributed by atoms with Crippen molar-refractivity contribution in [1.29, 1.82) is 0 Å². The molecule has 27 heavy (non-hydrogen) atoms. The van der Waals surface area contributed by atoms with Crippen molar-refractivity contribution in [2.75, 3.05) is 0 Å². The fourth-order valence-corrected chi connectivity index (χ4v) is 3.56. The second kappa shape index (κ2) is 20.9. The van der Waals surface area contributed by atoms with E-state index >= 15 is 0 Å². The molecule has 0 aliphatic rings. The molecular weight excluding hydrogens is 341 g/mol. The van der Waals surface area contributed by atoms with E-state index in [1.807, 2.05) is 0 Å². The maximum absolute atomic E-state index is 11.4. The Morgan fingerprint density at radius 2 is 1.07 bits per heavy atom. The first kappa shape index (κ1) is 29.4. The number of rotatable bonds is 19. The van der Waals surface area contributed by atoms with E-state index in [2.05, 4.69) is 32.7 Å². The Bertz CT molecular complexity index is 341. The van der Waals surface area contributed by atoms with E-state index in [1.165, 1.54) is 109 Å². The quantitative estimate of drug-likeness (QED) is 0.140. The zero-order chi connectivity index (χ0) is 19.5. The Morgan fingerprint density at radius 1 is 0.741 bits per heavy atom. The summed E-state index contributed by atoms with van der Waals surface area (Å²) in [5.74, 6) is -0.0634. The van der Waals surface area contributed by atoms with Crippen molar-refractivity contribution in [2.24, 2.45) is 0 Å².